The van der Waals surface area contributed by atoms with E-state index in [2.05, 4.69) is 65.6 Å². The Hall–Kier alpha value is -1.24. The summed E-state index contributed by atoms with van der Waals surface area (Å²) in [5, 5.41) is 6.06. The lowest BCUT2D eigenvalue weighted by atomic mass is 10.2. The number of rotatable bonds is 10. The minimum Gasteiger partial charge on any atom is -0.352 e. The van der Waals surface area contributed by atoms with Crippen LogP contribution in [0, 0.1) is 7.14 Å². The summed E-state index contributed by atoms with van der Waals surface area (Å²) in [6.07, 6.45) is 1.92. The van der Waals surface area contributed by atoms with E-state index in [-0.39, 0.29) is 11.8 Å². The summed E-state index contributed by atoms with van der Waals surface area (Å²) < 4.78 is 1.96. The third-order valence-corrected chi connectivity index (χ3v) is 7.46. The van der Waals surface area contributed by atoms with Crippen molar-refractivity contribution in [1.82, 2.24) is 20.4 Å². The number of amides is 2. The van der Waals surface area contributed by atoms with Gasteiger partial charge in [-0.2, -0.15) is 0 Å². The Morgan fingerprint density at radius 3 is 1.44 bits per heavy atom. The molecule has 0 radical (unpaired) electrons. The highest BCUT2D eigenvalue weighted by molar-refractivity contribution is 14.1. The zero-order valence-electron chi connectivity index (χ0n) is 18.2. The zero-order chi connectivity index (χ0) is 22.8. The van der Waals surface area contributed by atoms with E-state index in [4.69, 9.17) is 0 Å². The van der Waals surface area contributed by atoms with Gasteiger partial charge >= 0.3 is 0 Å². The summed E-state index contributed by atoms with van der Waals surface area (Å²) >= 11 is 4.40. The van der Waals surface area contributed by atoms with Crippen LogP contribution in [-0.4, -0.2) is 74.0 Å². The highest BCUT2D eigenvalue weighted by Gasteiger charge is 2.16. The van der Waals surface area contributed by atoms with Gasteiger partial charge in [-0.1, -0.05) is 24.3 Å². The summed E-state index contributed by atoms with van der Waals surface area (Å²) in [5.41, 5.74) is 1.49. The Labute approximate surface area is 217 Å². The maximum Gasteiger partial charge on any atom is 0.252 e. The number of hydrogen-bond acceptors (Lipinski definition) is 4. The average Bonchev–Trinajstić information content (AvgIpc) is 2.80. The predicted molar refractivity (Wildman–Crippen MR) is 145 cm³/mol. The van der Waals surface area contributed by atoms with Crippen molar-refractivity contribution >= 4 is 57.0 Å². The summed E-state index contributed by atoms with van der Waals surface area (Å²) in [5.74, 6) is 0.0165. The number of carbonyl (C=O) groups excluding carboxylic acids is 2. The predicted octanol–water partition coefficient (Wildman–Crippen LogP) is 3.45. The van der Waals surface area contributed by atoms with E-state index >= 15 is 0 Å². The molecular weight excluding hydrogens is 630 g/mol. The molecule has 1 heterocycles. The zero-order valence-corrected chi connectivity index (χ0v) is 22.5. The lowest BCUT2D eigenvalue weighted by Gasteiger charge is -2.34. The van der Waals surface area contributed by atoms with Crippen molar-refractivity contribution in [2.45, 2.75) is 12.8 Å². The van der Waals surface area contributed by atoms with E-state index in [0.717, 1.165) is 70.4 Å². The smallest absolute Gasteiger partial charge is 0.252 e. The van der Waals surface area contributed by atoms with Gasteiger partial charge in [-0.25, -0.2) is 0 Å². The van der Waals surface area contributed by atoms with E-state index in [1.807, 2.05) is 48.5 Å². The molecule has 0 aliphatic carbocycles. The lowest BCUT2D eigenvalue weighted by molar-refractivity contribution is 0.0934. The largest absolute Gasteiger partial charge is 0.352 e. The first-order chi connectivity index (χ1) is 15.5. The van der Waals surface area contributed by atoms with Gasteiger partial charge in [-0.05, 0) is 95.4 Å². The number of halogens is 2. The van der Waals surface area contributed by atoms with Crippen molar-refractivity contribution in [2.75, 3.05) is 52.4 Å². The van der Waals surface area contributed by atoms with E-state index in [9.17, 15) is 9.59 Å². The number of benzene rings is 2. The average molecular weight is 660 g/mol. The third kappa shape index (κ3) is 7.96. The molecule has 0 saturated carbocycles. The molecule has 0 spiro atoms. The Bertz CT molecular complexity index is 828. The van der Waals surface area contributed by atoms with E-state index in [1.54, 1.807) is 0 Å². The molecule has 8 heteroatoms. The molecule has 1 aliphatic heterocycles. The molecular formula is C24H30I2N4O2. The Balaban J connectivity index is 1.24. The number of carbonyl (C=O) groups is 2. The normalized spacial score (nSPS) is 14.8. The molecule has 0 atom stereocenters. The van der Waals surface area contributed by atoms with Gasteiger partial charge in [0.05, 0.1) is 11.1 Å². The molecule has 1 aliphatic rings. The molecule has 2 aromatic carbocycles. The summed E-state index contributed by atoms with van der Waals surface area (Å²) in [7, 11) is 0. The van der Waals surface area contributed by atoms with Crippen LogP contribution in [0.4, 0.5) is 0 Å². The van der Waals surface area contributed by atoms with E-state index in [1.165, 1.54) is 0 Å². The van der Waals surface area contributed by atoms with Crippen LogP contribution in [0.1, 0.15) is 33.6 Å². The van der Waals surface area contributed by atoms with Crippen molar-refractivity contribution in [2.24, 2.45) is 0 Å². The molecule has 0 bridgehead atoms. The van der Waals surface area contributed by atoms with Crippen LogP contribution in [0.25, 0.3) is 0 Å². The molecule has 3 rings (SSSR count). The van der Waals surface area contributed by atoms with Gasteiger partial charge in [0, 0.05) is 46.4 Å². The molecule has 2 aromatic rings. The summed E-state index contributed by atoms with van der Waals surface area (Å²) in [6.45, 7) is 7.63. The van der Waals surface area contributed by atoms with Gasteiger partial charge in [0.25, 0.3) is 11.8 Å². The molecule has 172 valence electrons. The fourth-order valence-corrected chi connectivity index (χ4v) is 4.99. The first kappa shape index (κ1) is 25.4. The molecule has 32 heavy (non-hydrogen) atoms. The molecule has 6 nitrogen and oxygen atoms in total. The fourth-order valence-electron chi connectivity index (χ4n) is 3.73. The maximum absolute atomic E-state index is 12.3. The van der Waals surface area contributed by atoms with Crippen molar-refractivity contribution < 1.29 is 9.59 Å². The van der Waals surface area contributed by atoms with Gasteiger partial charge in [-0.15, -0.1) is 0 Å². The second-order valence-corrected chi connectivity index (χ2v) is 10.2. The van der Waals surface area contributed by atoms with Crippen LogP contribution in [-0.2, 0) is 0 Å². The molecule has 0 unspecified atom stereocenters. The van der Waals surface area contributed by atoms with Gasteiger partial charge in [0.2, 0.25) is 0 Å². The minimum atomic E-state index is 0.00823. The highest BCUT2D eigenvalue weighted by Crippen LogP contribution is 2.12. The second kappa shape index (κ2) is 13.5. The number of hydrogen-bond donors (Lipinski definition) is 2. The highest BCUT2D eigenvalue weighted by atomic mass is 127. The Morgan fingerprint density at radius 1 is 0.688 bits per heavy atom. The van der Waals surface area contributed by atoms with E-state index < -0.39 is 0 Å². The first-order valence-electron chi connectivity index (χ1n) is 11.0. The fraction of sp³-hybridized carbons (Fsp3) is 0.417. The van der Waals surface area contributed by atoms with Gasteiger partial charge < -0.3 is 20.4 Å². The maximum atomic E-state index is 12.3. The van der Waals surface area contributed by atoms with Crippen LogP contribution >= 0.6 is 45.2 Å². The number of nitrogens with one attached hydrogen (secondary N) is 2. The van der Waals surface area contributed by atoms with Gasteiger partial charge in [0.1, 0.15) is 0 Å². The van der Waals surface area contributed by atoms with Crippen LogP contribution in [0.15, 0.2) is 48.5 Å². The van der Waals surface area contributed by atoms with Gasteiger partial charge in [0.15, 0.2) is 0 Å². The number of nitrogens with zero attached hydrogens (tertiary/aromatic N) is 2. The third-order valence-electron chi connectivity index (χ3n) is 5.58. The molecule has 1 saturated heterocycles. The minimum absolute atomic E-state index is 0.00823. The Kier molecular flexibility index (Phi) is 10.7. The quantitative estimate of drug-likeness (QED) is 0.303. The SMILES string of the molecule is O=C(NCCCN1CCN(CCCNC(=O)c2ccccc2I)CC1)c1ccccc1I. The van der Waals surface area contributed by atoms with Crippen molar-refractivity contribution in [3.05, 3.63) is 66.8 Å². The van der Waals surface area contributed by atoms with Crippen LogP contribution in [0.2, 0.25) is 0 Å². The van der Waals surface area contributed by atoms with E-state index in [0.29, 0.717) is 13.1 Å². The summed E-state index contributed by atoms with van der Waals surface area (Å²) in [6, 6.07) is 15.3. The van der Waals surface area contributed by atoms with Crippen LogP contribution in [0.5, 0.6) is 0 Å². The summed E-state index contributed by atoms with van der Waals surface area (Å²) in [4.78, 5) is 29.5. The standard InChI is InChI=1S/C24H30I2N4O2/c25-21-9-3-1-7-19(21)23(31)27-11-5-13-29-15-17-30(18-16-29)14-6-12-28-24(32)20-8-2-4-10-22(20)26/h1-4,7-10H,5-6,11-18H2,(H,27,31)(H,28,32). The Morgan fingerprint density at radius 2 is 1.06 bits per heavy atom. The van der Waals surface area contributed by atoms with Gasteiger partial charge in [-0.3, -0.25) is 9.59 Å². The first-order valence-corrected chi connectivity index (χ1v) is 13.2. The van der Waals surface area contributed by atoms with Crippen molar-refractivity contribution in [3.63, 3.8) is 0 Å². The monoisotopic (exact) mass is 660 g/mol. The molecule has 2 N–H and O–H groups in total. The second-order valence-electron chi connectivity index (χ2n) is 7.86. The molecule has 0 aromatic heterocycles. The number of piperazine rings is 1. The van der Waals surface area contributed by atoms with Crippen LogP contribution < -0.4 is 10.6 Å². The molecule has 1 fully saturated rings. The lowest BCUT2D eigenvalue weighted by Crippen LogP contribution is -2.47. The topological polar surface area (TPSA) is 64.7 Å². The van der Waals surface area contributed by atoms with Crippen LogP contribution in [0.3, 0.4) is 0 Å². The molecule has 2 amide bonds. The van der Waals surface area contributed by atoms with Crippen molar-refractivity contribution in [3.8, 4) is 0 Å². The van der Waals surface area contributed by atoms with Crippen molar-refractivity contribution in [1.29, 1.82) is 0 Å².